The van der Waals surface area contributed by atoms with Crippen molar-refractivity contribution < 1.29 is 230 Å². The first kappa shape index (κ1) is 72.3. The zero-order valence-electron chi connectivity index (χ0n) is 42.0. The van der Waals surface area contributed by atoms with Crippen molar-refractivity contribution in [3.63, 3.8) is 0 Å². The minimum Gasteiger partial charge on any atom is -0.748 e. The summed E-state index contributed by atoms with van der Waals surface area (Å²) in [4.78, 5) is -1.98. The third-order valence-corrected chi connectivity index (χ3v) is 16.8. The summed E-state index contributed by atoms with van der Waals surface area (Å²) in [6.45, 7) is 7.05. The normalized spacial score (nSPS) is 16.2. The first-order chi connectivity index (χ1) is 31.5. The van der Waals surface area contributed by atoms with Gasteiger partial charge in [-0.25, -0.2) is 50.5 Å². The Morgan fingerprint density at radius 3 is 1.43 bits per heavy atom. The van der Waals surface area contributed by atoms with Gasteiger partial charge in [-0.1, -0.05) is 50.3 Å². The topological polar surface area (TPSA) is 349 Å². The average Bonchev–Trinajstić information content (AvgIpc) is 3.55. The summed E-state index contributed by atoms with van der Waals surface area (Å²) in [7, 11) is -30.3. The van der Waals surface area contributed by atoms with Gasteiger partial charge in [-0.2, -0.15) is 4.58 Å². The standard InChI is InChI=1S/C43H48N2O18S6.5Na/c1-42(2)36(44(20-10-12-22-64(46,47)48)32-18-16-28-24-30(66(52,53)54)26-34(68(58,59)60)38(28)40(32)42)14-8-6-5-7-9-15-37-43(3,4)41-33(45(37)21-11-13-23-65(49,50)51)19-17-29-25-31(67(55,56)57)27-35(39(29)41)69(61,62)63;;;;;/h5-9,14-19,24-27H,10-13,20-23H2,1-4H3,(H5-,46,47,48,49,50,51,52,53,54,55,56,57,58,59,60,61,62,63);;;;;/q;5*+1/p-5. The van der Waals surface area contributed by atoms with E-state index in [4.69, 9.17) is 0 Å². The Balaban J connectivity index is 0.00000548. The minimum absolute atomic E-state index is 0. The van der Waals surface area contributed by atoms with E-state index in [-0.39, 0.29) is 208 Å². The summed E-state index contributed by atoms with van der Waals surface area (Å²) in [5.74, 6) is -1.31. The number of unbranched alkanes of at least 4 members (excludes halogenated alkanes) is 2. The summed E-state index contributed by atoms with van der Waals surface area (Å²) in [5, 5.41) is -0.291. The van der Waals surface area contributed by atoms with Crippen molar-refractivity contribution in [2.45, 2.75) is 83.8 Å². The molecule has 0 radical (unpaired) electrons. The van der Waals surface area contributed by atoms with E-state index in [2.05, 4.69) is 0 Å². The second-order valence-corrected chi connectivity index (χ2v) is 25.8. The summed E-state index contributed by atoms with van der Waals surface area (Å²) in [5.41, 5.74) is 0.114. The molecule has 374 valence electrons. The number of nitrogens with zero attached hydrogens (tertiary/aromatic N) is 2. The van der Waals surface area contributed by atoms with Gasteiger partial charge in [-0.15, -0.1) is 0 Å². The molecule has 0 aliphatic carbocycles. The molecule has 20 nitrogen and oxygen atoms in total. The summed E-state index contributed by atoms with van der Waals surface area (Å²) >= 11 is 0. The van der Waals surface area contributed by atoms with E-state index in [0.29, 0.717) is 46.0 Å². The van der Waals surface area contributed by atoms with Crippen molar-refractivity contribution in [3.05, 3.63) is 108 Å². The van der Waals surface area contributed by atoms with Crippen LogP contribution < -0.4 is 153 Å². The molecule has 0 unspecified atom stereocenters. The van der Waals surface area contributed by atoms with Gasteiger partial charge in [-0.05, 0) is 91.9 Å². The van der Waals surface area contributed by atoms with E-state index in [1.54, 1.807) is 79.7 Å². The summed E-state index contributed by atoms with van der Waals surface area (Å²) in [6, 6.07) is 8.74. The van der Waals surface area contributed by atoms with Crippen LogP contribution in [0.1, 0.15) is 64.5 Å². The van der Waals surface area contributed by atoms with Crippen molar-refractivity contribution in [2.75, 3.05) is 29.5 Å². The molecule has 0 spiro atoms. The van der Waals surface area contributed by atoms with E-state index in [9.17, 15) is 77.8 Å². The molecule has 31 heteroatoms. The van der Waals surface area contributed by atoms with Gasteiger partial charge in [0, 0.05) is 69.7 Å². The number of benzene rings is 4. The Morgan fingerprint density at radius 2 is 0.959 bits per heavy atom. The Hall–Kier alpha value is 0.290. The Bertz CT molecular complexity index is 3690. The number of fused-ring (bicyclic) bond motifs is 6. The van der Waals surface area contributed by atoms with Crippen molar-refractivity contribution in [2.24, 2.45) is 0 Å². The van der Waals surface area contributed by atoms with Gasteiger partial charge < -0.3 is 32.2 Å². The molecule has 0 fully saturated rings. The fourth-order valence-electron chi connectivity index (χ4n) is 9.03. The van der Waals surface area contributed by atoms with Crippen molar-refractivity contribution >= 4 is 99.3 Å². The van der Waals surface area contributed by atoms with Crippen LogP contribution in [0.3, 0.4) is 0 Å². The molecule has 4 aromatic carbocycles. The predicted molar refractivity (Wildman–Crippen MR) is 246 cm³/mol. The van der Waals surface area contributed by atoms with Crippen LogP contribution in [-0.4, -0.2) is 113 Å². The molecule has 2 aliphatic heterocycles. The summed E-state index contributed by atoms with van der Waals surface area (Å²) in [6.07, 6.45) is 11.7. The Kier molecular flexibility index (Phi) is 26.3. The number of hydrogen-bond acceptors (Lipinski definition) is 19. The molecule has 0 atom stereocenters. The molecule has 2 aliphatic rings. The number of allylic oxidation sites excluding steroid dienone is 8. The third-order valence-electron chi connectivity index (χ3n) is 11.9. The van der Waals surface area contributed by atoms with Crippen LogP contribution in [0.4, 0.5) is 11.4 Å². The van der Waals surface area contributed by atoms with Crippen molar-refractivity contribution in [1.29, 1.82) is 0 Å². The van der Waals surface area contributed by atoms with Crippen LogP contribution in [0.15, 0.2) is 116 Å². The van der Waals surface area contributed by atoms with Crippen LogP contribution in [0.25, 0.3) is 21.5 Å². The maximum atomic E-state index is 12.6. The SMILES string of the molecule is CC1(C)C(/C=C/C=C/C=C/C=C2/N(CCCCS(=O)(=O)[O-])c3ccc4cc(S(=O)(=O)[O-])cc(S(=O)(=O)[O-])c4c3C2(C)C)=[N+](CCCCS(=O)(=O)[O-])c2ccc3cc(S(=O)(=O)[O-])cc(S(=O)(=O)[O-])c3c21.[Na+].[Na+].[Na+].[Na+].[Na+]. The zero-order valence-corrected chi connectivity index (χ0v) is 56.9. The molecule has 0 saturated carbocycles. The fourth-order valence-corrected chi connectivity index (χ4v) is 12.8. The maximum Gasteiger partial charge on any atom is 1.00 e. The van der Waals surface area contributed by atoms with E-state index in [0.717, 1.165) is 12.1 Å². The van der Waals surface area contributed by atoms with Crippen molar-refractivity contribution in [1.82, 2.24) is 0 Å². The number of anilines is 1. The van der Waals surface area contributed by atoms with Gasteiger partial charge in [0.05, 0.1) is 45.2 Å². The molecule has 74 heavy (non-hydrogen) atoms. The van der Waals surface area contributed by atoms with Crippen LogP contribution in [-0.2, 0) is 71.5 Å². The van der Waals surface area contributed by atoms with E-state index in [1.807, 2.05) is 0 Å². The Labute approximate surface area is 542 Å². The minimum atomic E-state index is -5.38. The quantitative estimate of drug-likeness (QED) is 0.0293. The van der Waals surface area contributed by atoms with Crippen molar-refractivity contribution in [3.8, 4) is 0 Å². The van der Waals surface area contributed by atoms with Crippen LogP contribution in [0.5, 0.6) is 0 Å². The number of hydrogen-bond donors (Lipinski definition) is 0. The average molecular weight is 1180 g/mol. The fraction of sp³-hybridized carbons (Fsp3) is 0.326. The smallest absolute Gasteiger partial charge is 0.748 e. The summed E-state index contributed by atoms with van der Waals surface area (Å²) < 4.78 is 218. The van der Waals surface area contributed by atoms with E-state index in [1.165, 1.54) is 24.3 Å². The molecular weight excluding hydrogens is 1140 g/mol. The predicted octanol–water partition coefficient (Wildman–Crippen LogP) is -11.0. The van der Waals surface area contributed by atoms with Crippen LogP contribution in [0, 0.1) is 0 Å². The second-order valence-electron chi connectivity index (χ2n) is 17.3. The number of rotatable bonds is 18. The first-order valence-electron chi connectivity index (χ1n) is 20.6. The monoisotopic (exact) mass is 1180 g/mol. The van der Waals surface area contributed by atoms with E-state index >= 15 is 0 Å². The Morgan fingerprint density at radius 1 is 0.514 bits per heavy atom. The molecule has 0 saturated heterocycles. The molecule has 0 amide bonds. The van der Waals surface area contributed by atoms with Gasteiger partial charge in [0.2, 0.25) is 5.69 Å². The second kappa shape index (κ2) is 26.9. The molecule has 4 aromatic rings. The molecule has 6 rings (SSSR count). The largest absolute Gasteiger partial charge is 1.00 e. The first-order valence-corrected chi connectivity index (χ1v) is 29.4. The van der Waals surface area contributed by atoms with E-state index < -0.39 is 103 Å². The van der Waals surface area contributed by atoms with Gasteiger partial charge >= 0.3 is 148 Å². The molecule has 0 aromatic heterocycles. The van der Waals surface area contributed by atoms with Gasteiger partial charge in [0.15, 0.2) is 5.71 Å². The van der Waals surface area contributed by atoms with Gasteiger partial charge in [0.25, 0.3) is 0 Å². The third kappa shape index (κ3) is 16.7. The maximum absolute atomic E-state index is 12.6. The van der Waals surface area contributed by atoms with Crippen LogP contribution >= 0.6 is 0 Å². The molecular formula is C43H43N2Na5O18S6. The molecule has 2 heterocycles. The van der Waals surface area contributed by atoms with Crippen LogP contribution in [0.2, 0.25) is 0 Å². The molecule has 0 bridgehead atoms. The molecule has 0 N–H and O–H groups in total. The zero-order chi connectivity index (χ0) is 51.5. The van der Waals surface area contributed by atoms with Gasteiger partial charge in [-0.3, -0.25) is 0 Å². The van der Waals surface area contributed by atoms with Gasteiger partial charge in [0.1, 0.15) is 47.0 Å².